The van der Waals surface area contributed by atoms with Crippen LogP contribution >= 0.6 is 0 Å². The molecule has 0 N–H and O–H groups in total. The molecule has 1 aromatic carbocycles. The first-order valence-electron chi connectivity index (χ1n) is 10.5. The summed E-state index contributed by atoms with van der Waals surface area (Å²) in [5, 5.41) is 8.72. The molecule has 150 valence electrons. The van der Waals surface area contributed by atoms with E-state index < -0.39 is 0 Å². The molecule has 3 aromatic rings. The molecular formula is C22H26N6O. The van der Waals surface area contributed by atoms with Gasteiger partial charge in [-0.15, -0.1) is 10.2 Å². The predicted molar refractivity (Wildman–Crippen MR) is 109 cm³/mol. The van der Waals surface area contributed by atoms with Crippen LogP contribution in [0.5, 0.6) is 5.88 Å². The largest absolute Gasteiger partial charge is 0.477 e. The topological polar surface area (TPSA) is 69.0 Å². The molecule has 0 atom stereocenters. The summed E-state index contributed by atoms with van der Waals surface area (Å²) in [5.41, 5.74) is 1.97. The van der Waals surface area contributed by atoms with Crippen LogP contribution in [0.1, 0.15) is 30.9 Å². The molecule has 2 aliphatic rings. The Hall–Kier alpha value is -2.80. The summed E-state index contributed by atoms with van der Waals surface area (Å²) < 4.78 is 8.31. The van der Waals surface area contributed by atoms with Gasteiger partial charge in [0.15, 0.2) is 0 Å². The minimum absolute atomic E-state index is 0.561. The minimum atomic E-state index is 0.561. The number of aromatic nitrogens is 5. The van der Waals surface area contributed by atoms with Crippen LogP contribution in [0.25, 0.3) is 11.3 Å². The van der Waals surface area contributed by atoms with Crippen molar-refractivity contribution in [2.75, 3.05) is 19.7 Å². The first-order chi connectivity index (χ1) is 14.3. The fraction of sp³-hybridized carbons (Fsp3) is 0.455. The Kier molecular flexibility index (Phi) is 5.21. The number of benzene rings is 1. The molecule has 0 amide bonds. The summed E-state index contributed by atoms with van der Waals surface area (Å²) in [6.07, 6.45) is 6.13. The number of nitrogens with zero attached hydrogens (tertiary/aromatic N) is 6. The Balaban J connectivity index is 1.12. The molecule has 0 aliphatic carbocycles. The molecule has 0 unspecified atom stereocenters. The third-order valence-electron chi connectivity index (χ3n) is 5.94. The number of aryl methyl sites for hydroxylation is 1. The number of fused-ring (bicyclic) bond motifs is 1. The smallest absolute Gasteiger partial charge is 0.216 e. The maximum atomic E-state index is 6.01. The van der Waals surface area contributed by atoms with Gasteiger partial charge in [-0.1, -0.05) is 30.3 Å². The molecule has 5 rings (SSSR count). The Morgan fingerprint density at radius 3 is 2.72 bits per heavy atom. The van der Waals surface area contributed by atoms with E-state index in [1.807, 2.05) is 36.4 Å². The molecule has 1 fully saturated rings. The SMILES string of the molecule is c1ccc(-c2cc(OCC3CCN(Cc4nnc5n4CCC5)CC3)ncn2)cc1. The number of hydrogen-bond donors (Lipinski definition) is 0. The average Bonchev–Trinajstić information content (AvgIpc) is 3.39. The molecule has 1 saturated heterocycles. The minimum Gasteiger partial charge on any atom is -0.477 e. The van der Waals surface area contributed by atoms with Gasteiger partial charge in [0.2, 0.25) is 5.88 Å². The number of ether oxygens (including phenoxy) is 1. The zero-order valence-electron chi connectivity index (χ0n) is 16.6. The van der Waals surface area contributed by atoms with Crippen LogP contribution in [0.4, 0.5) is 0 Å². The number of likely N-dealkylation sites (tertiary alicyclic amines) is 1. The molecule has 0 saturated carbocycles. The lowest BCUT2D eigenvalue weighted by Crippen LogP contribution is -2.35. The highest BCUT2D eigenvalue weighted by Gasteiger charge is 2.23. The van der Waals surface area contributed by atoms with Gasteiger partial charge in [0.25, 0.3) is 0 Å². The Morgan fingerprint density at radius 1 is 1.00 bits per heavy atom. The third-order valence-corrected chi connectivity index (χ3v) is 5.94. The van der Waals surface area contributed by atoms with Crippen molar-refractivity contribution in [2.24, 2.45) is 5.92 Å². The highest BCUT2D eigenvalue weighted by Crippen LogP contribution is 2.23. The zero-order chi connectivity index (χ0) is 19.5. The van der Waals surface area contributed by atoms with Gasteiger partial charge in [-0.05, 0) is 38.3 Å². The van der Waals surface area contributed by atoms with Crippen molar-refractivity contribution in [1.82, 2.24) is 29.6 Å². The first kappa shape index (κ1) is 18.2. The molecule has 0 radical (unpaired) electrons. The second-order valence-electron chi connectivity index (χ2n) is 7.93. The van der Waals surface area contributed by atoms with Crippen LogP contribution in [0, 0.1) is 5.92 Å². The first-order valence-corrected chi connectivity index (χ1v) is 10.5. The Morgan fingerprint density at radius 2 is 1.86 bits per heavy atom. The van der Waals surface area contributed by atoms with E-state index >= 15 is 0 Å². The summed E-state index contributed by atoms with van der Waals surface area (Å²) in [4.78, 5) is 11.1. The number of rotatable bonds is 6. The van der Waals surface area contributed by atoms with Crippen LogP contribution in [-0.4, -0.2) is 49.3 Å². The van der Waals surface area contributed by atoms with Crippen LogP contribution < -0.4 is 4.74 Å². The van der Waals surface area contributed by atoms with E-state index in [9.17, 15) is 0 Å². The molecule has 0 bridgehead atoms. The van der Waals surface area contributed by atoms with Crippen LogP contribution in [0.3, 0.4) is 0 Å². The van der Waals surface area contributed by atoms with Crippen molar-refractivity contribution in [3.8, 4) is 17.1 Å². The van der Waals surface area contributed by atoms with Crippen molar-refractivity contribution in [3.63, 3.8) is 0 Å². The lowest BCUT2D eigenvalue weighted by molar-refractivity contribution is 0.131. The summed E-state index contributed by atoms with van der Waals surface area (Å²) in [6, 6.07) is 12.1. The lowest BCUT2D eigenvalue weighted by Gasteiger charge is -2.31. The standard InChI is InChI=1S/C22H26N6O/c1-2-5-18(6-3-1)19-13-22(24-16-23-19)29-15-17-8-11-27(12-9-17)14-21-26-25-20-7-4-10-28(20)21/h1-3,5-6,13,16-17H,4,7-12,14-15H2. The van der Waals surface area contributed by atoms with E-state index in [1.165, 1.54) is 6.42 Å². The zero-order valence-corrected chi connectivity index (χ0v) is 16.6. The second kappa shape index (κ2) is 8.29. The van der Waals surface area contributed by atoms with Gasteiger partial charge in [-0.25, -0.2) is 9.97 Å². The van der Waals surface area contributed by atoms with Gasteiger partial charge in [-0.3, -0.25) is 4.90 Å². The Bertz CT molecular complexity index is 949. The molecule has 2 aliphatic heterocycles. The van der Waals surface area contributed by atoms with Gasteiger partial charge in [-0.2, -0.15) is 0 Å². The summed E-state index contributed by atoms with van der Waals surface area (Å²) in [7, 11) is 0. The quantitative estimate of drug-likeness (QED) is 0.645. The van der Waals surface area contributed by atoms with Gasteiger partial charge in [0.1, 0.15) is 18.0 Å². The number of piperidine rings is 1. The molecule has 4 heterocycles. The molecule has 0 spiro atoms. The fourth-order valence-electron chi connectivity index (χ4n) is 4.23. The predicted octanol–water partition coefficient (Wildman–Crippen LogP) is 2.97. The van der Waals surface area contributed by atoms with Crippen molar-refractivity contribution in [2.45, 2.75) is 38.8 Å². The van der Waals surface area contributed by atoms with Gasteiger partial charge >= 0.3 is 0 Å². The second-order valence-corrected chi connectivity index (χ2v) is 7.93. The highest BCUT2D eigenvalue weighted by molar-refractivity contribution is 5.59. The summed E-state index contributed by atoms with van der Waals surface area (Å²) in [6.45, 7) is 4.85. The third kappa shape index (κ3) is 4.15. The average molecular weight is 390 g/mol. The van der Waals surface area contributed by atoms with E-state index in [4.69, 9.17) is 4.74 Å². The Labute approximate surface area is 170 Å². The van der Waals surface area contributed by atoms with Crippen molar-refractivity contribution < 1.29 is 4.74 Å². The molecular weight excluding hydrogens is 364 g/mol. The van der Waals surface area contributed by atoms with E-state index in [-0.39, 0.29) is 0 Å². The van der Waals surface area contributed by atoms with E-state index in [0.29, 0.717) is 18.4 Å². The normalized spacial score (nSPS) is 17.4. The van der Waals surface area contributed by atoms with Gasteiger partial charge in [0.05, 0.1) is 18.8 Å². The fourth-order valence-corrected chi connectivity index (χ4v) is 4.23. The van der Waals surface area contributed by atoms with Crippen LogP contribution in [-0.2, 0) is 19.5 Å². The molecule has 29 heavy (non-hydrogen) atoms. The molecule has 7 nitrogen and oxygen atoms in total. The van der Waals surface area contributed by atoms with Crippen LogP contribution in [0.15, 0.2) is 42.7 Å². The van der Waals surface area contributed by atoms with E-state index in [1.54, 1.807) is 6.33 Å². The number of hydrogen-bond acceptors (Lipinski definition) is 6. The van der Waals surface area contributed by atoms with E-state index in [2.05, 4.69) is 29.6 Å². The van der Waals surface area contributed by atoms with Gasteiger partial charge in [0, 0.05) is 24.6 Å². The van der Waals surface area contributed by atoms with Crippen LogP contribution in [0.2, 0.25) is 0 Å². The maximum absolute atomic E-state index is 6.01. The lowest BCUT2D eigenvalue weighted by atomic mass is 9.98. The summed E-state index contributed by atoms with van der Waals surface area (Å²) >= 11 is 0. The van der Waals surface area contributed by atoms with Gasteiger partial charge < -0.3 is 9.30 Å². The van der Waals surface area contributed by atoms with Crippen molar-refractivity contribution in [1.29, 1.82) is 0 Å². The van der Waals surface area contributed by atoms with Crippen molar-refractivity contribution >= 4 is 0 Å². The monoisotopic (exact) mass is 390 g/mol. The molecule has 2 aromatic heterocycles. The molecule has 7 heteroatoms. The van der Waals surface area contributed by atoms with Crippen molar-refractivity contribution in [3.05, 3.63) is 54.4 Å². The van der Waals surface area contributed by atoms with E-state index in [0.717, 1.165) is 68.3 Å². The summed E-state index contributed by atoms with van der Waals surface area (Å²) in [5.74, 6) is 3.50. The maximum Gasteiger partial charge on any atom is 0.216 e. The highest BCUT2D eigenvalue weighted by atomic mass is 16.5.